The number of hydrogen-bond acceptors (Lipinski definition) is 4. The molecule has 2 heterocycles. The van der Waals surface area contributed by atoms with E-state index in [1.807, 2.05) is 0 Å². The Labute approximate surface area is 114 Å². The van der Waals surface area contributed by atoms with Crippen molar-refractivity contribution < 1.29 is 0 Å². The largest absolute Gasteiger partial charge is 0.325 e. The van der Waals surface area contributed by atoms with Crippen LogP contribution in [0.1, 0.15) is 43.8 Å². The van der Waals surface area contributed by atoms with Crippen LogP contribution in [-0.4, -0.2) is 23.0 Å². The molecule has 0 spiro atoms. The lowest BCUT2D eigenvalue weighted by Crippen LogP contribution is -2.24. The summed E-state index contributed by atoms with van der Waals surface area (Å²) >= 11 is 1.69. The third-order valence-electron chi connectivity index (χ3n) is 3.97. The van der Waals surface area contributed by atoms with Crippen molar-refractivity contribution in [2.24, 2.45) is 17.6 Å². The van der Waals surface area contributed by atoms with Crippen LogP contribution in [0, 0.1) is 11.8 Å². The molecule has 0 aromatic carbocycles. The summed E-state index contributed by atoms with van der Waals surface area (Å²) in [4.78, 5) is 7.11. The van der Waals surface area contributed by atoms with E-state index in [0.717, 1.165) is 23.4 Å². The lowest BCUT2D eigenvalue weighted by atomic mass is 9.89. The average molecular weight is 267 g/mol. The molecule has 0 saturated carbocycles. The van der Waals surface area contributed by atoms with Crippen molar-refractivity contribution in [2.45, 2.75) is 46.2 Å². The Bertz CT molecular complexity index is 362. The van der Waals surface area contributed by atoms with Crippen LogP contribution in [0.4, 0.5) is 0 Å². The summed E-state index contributed by atoms with van der Waals surface area (Å²) in [5.74, 6) is 1.73. The Morgan fingerprint density at radius 3 is 2.94 bits per heavy atom. The average Bonchev–Trinajstić information content (AvgIpc) is 2.66. The summed E-state index contributed by atoms with van der Waals surface area (Å²) in [5, 5.41) is 3.22. The maximum absolute atomic E-state index is 5.61. The van der Waals surface area contributed by atoms with Gasteiger partial charge in [0.2, 0.25) is 0 Å². The number of nitrogens with zero attached hydrogens (tertiary/aromatic N) is 2. The van der Waals surface area contributed by atoms with Crippen molar-refractivity contribution >= 4 is 11.3 Å². The minimum atomic E-state index is 0.570. The Morgan fingerprint density at radius 2 is 2.28 bits per heavy atom. The SMILES string of the molecule is CC(C)C1CCCN(Cc2csc(CN)n2)CC1. The first-order valence-electron chi connectivity index (χ1n) is 7.04. The maximum atomic E-state index is 5.61. The minimum absolute atomic E-state index is 0.570. The Kier molecular flexibility index (Phi) is 5.15. The van der Waals surface area contributed by atoms with Gasteiger partial charge in [-0.05, 0) is 44.2 Å². The van der Waals surface area contributed by atoms with Crippen LogP contribution in [-0.2, 0) is 13.1 Å². The topological polar surface area (TPSA) is 42.1 Å². The Morgan fingerprint density at radius 1 is 1.44 bits per heavy atom. The van der Waals surface area contributed by atoms with E-state index in [4.69, 9.17) is 5.73 Å². The highest BCUT2D eigenvalue weighted by Gasteiger charge is 2.19. The first-order chi connectivity index (χ1) is 8.69. The van der Waals surface area contributed by atoms with Gasteiger partial charge in [0.05, 0.1) is 5.69 Å². The second kappa shape index (κ2) is 6.64. The van der Waals surface area contributed by atoms with Crippen LogP contribution in [0.25, 0.3) is 0 Å². The molecule has 0 aliphatic carbocycles. The van der Waals surface area contributed by atoms with Crippen LogP contribution >= 0.6 is 11.3 Å². The van der Waals surface area contributed by atoms with Gasteiger partial charge in [0, 0.05) is 18.5 Å². The molecular formula is C14H25N3S. The van der Waals surface area contributed by atoms with Crippen LogP contribution in [0.5, 0.6) is 0 Å². The molecule has 1 aliphatic rings. The summed E-state index contributed by atoms with van der Waals surface area (Å²) in [5.41, 5.74) is 6.80. The van der Waals surface area contributed by atoms with Crippen molar-refractivity contribution in [3.8, 4) is 0 Å². The van der Waals surface area contributed by atoms with Crippen LogP contribution in [0.2, 0.25) is 0 Å². The number of aromatic nitrogens is 1. The van der Waals surface area contributed by atoms with Crippen molar-refractivity contribution in [2.75, 3.05) is 13.1 Å². The molecule has 102 valence electrons. The third-order valence-corrected chi connectivity index (χ3v) is 4.89. The van der Waals surface area contributed by atoms with E-state index in [1.54, 1.807) is 11.3 Å². The molecule has 1 unspecified atom stereocenters. The normalized spacial score (nSPS) is 22.3. The lowest BCUT2D eigenvalue weighted by Gasteiger charge is -2.20. The van der Waals surface area contributed by atoms with Gasteiger partial charge in [0.15, 0.2) is 0 Å². The van der Waals surface area contributed by atoms with E-state index in [-0.39, 0.29) is 0 Å². The first-order valence-corrected chi connectivity index (χ1v) is 7.92. The molecule has 2 N–H and O–H groups in total. The molecule has 0 amide bonds. The number of likely N-dealkylation sites (tertiary alicyclic amines) is 1. The van der Waals surface area contributed by atoms with Crippen molar-refractivity contribution in [3.63, 3.8) is 0 Å². The molecule has 1 aromatic heterocycles. The molecule has 4 heteroatoms. The summed E-state index contributed by atoms with van der Waals surface area (Å²) in [6.07, 6.45) is 4.06. The standard InChI is InChI=1S/C14H25N3S/c1-11(2)12-4-3-6-17(7-5-12)9-13-10-18-14(8-15)16-13/h10-12H,3-9,15H2,1-2H3. The van der Waals surface area contributed by atoms with Gasteiger partial charge in [-0.3, -0.25) is 4.90 Å². The second-order valence-electron chi connectivity index (χ2n) is 5.65. The van der Waals surface area contributed by atoms with Gasteiger partial charge in [-0.15, -0.1) is 11.3 Å². The summed E-state index contributed by atoms with van der Waals surface area (Å²) in [6.45, 7) is 8.72. The Balaban J connectivity index is 1.86. The molecule has 1 aliphatic heterocycles. The molecule has 0 bridgehead atoms. The molecule has 3 nitrogen and oxygen atoms in total. The number of rotatable bonds is 4. The monoisotopic (exact) mass is 267 g/mol. The quantitative estimate of drug-likeness (QED) is 0.912. The predicted molar refractivity (Wildman–Crippen MR) is 77.5 cm³/mol. The fourth-order valence-electron chi connectivity index (χ4n) is 2.75. The molecule has 0 radical (unpaired) electrons. The van der Waals surface area contributed by atoms with Crippen LogP contribution in [0.3, 0.4) is 0 Å². The number of hydrogen-bond donors (Lipinski definition) is 1. The van der Waals surface area contributed by atoms with Gasteiger partial charge < -0.3 is 5.73 Å². The summed E-state index contributed by atoms with van der Waals surface area (Å²) in [7, 11) is 0. The van der Waals surface area contributed by atoms with Crippen molar-refractivity contribution in [1.82, 2.24) is 9.88 Å². The minimum Gasteiger partial charge on any atom is -0.325 e. The highest BCUT2D eigenvalue weighted by atomic mass is 32.1. The van der Waals surface area contributed by atoms with E-state index in [1.165, 1.54) is 38.0 Å². The van der Waals surface area contributed by atoms with Gasteiger partial charge in [-0.1, -0.05) is 13.8 Å². The molecule has 1 fully saturated rings. The molecule has 1 aromatic rings. The van der Waals surface area contributed by atoms with Gasteiger partial charge in [-0.25, -0.2) is 4.98 Å². The highest BCUT2D eigenvalue weighted by molar-refractivity contribution is 7.09. The molecule has 18 heavy (non-hydrogen) atoms. The zero-order valence-electron chi connectivity index (χ0n) is 11.6. The van der Waals surface area contributed by atoms with Gasteiger partial charge in [0.1, 0.15) is 5.01 Å². The smallest absolute Gasteiger partial charge is 0.106 e. The first kappa shape index (κ1) is 14.0. The molecule has 2 rings (SSSR count). The van der Waals surface area contributed by atoms with Gasteiger partial charge >= 0.3 is 0 Å². The Hall–Kier alpha value is -0.450. The molecule has 1 saturated heterocycles. The maximum Gasteiger partial charge on any atom is 0.106 e. The summed E-state index contributed by atoms with van der Waals surface area (Å²) < 4.78 is 0. The molecular weight excluding hydrogens is 242 g/mol. The molecule has 1 atom stereocenters. The van der Waals surface area contributed by atoms with Crippen molar-refractivity contribution in [3.05, 3.63) is 16.1 Å². The number of thiazole rings is 1. The lowest BCUT2D eigenvalue weighted by molar-refractivity contribution is 0.262. The predicted octanol–water partition coefficient (Wildman–Crippen LogP) is 2.86. The van der Waals surface area contributed by atoms with E-state index in [0.29, 0.717) is 6.54 Å². The fraction of sp³-hybridized carbons (Fsp3) is 0.786. The van der Waals surface area contributed by atoms with E-state index in [9.17, 15) is 0 Å². The van der Waals surface area contributed by atoms with Crippen LogP contribution < -0.4 is 5.73 Å². The van der Waals surface area contributed by atoms with Gasteiger partial charge in [0.25, 0.3) is 0 Å². The highest BCUT2D eigenvalue weighted by Crippen LogP contribution is 2.25. The zero-order valence-corrected chi connectivity index (χ0v) is 12.4. The van der Waals surface area contributed by atoms with E-state index in [2.05, 4.69) is 29.1 Å². The zero-order chi connectivity index (χ0) is 13.0. The summed E-state index contributed by atoms with van der Waals surface area (Å²) in [6, 6.07) is 0. The second-order valence-corrected chi connectivity index (χ2v) is 6.59. The van der Waals surface area contributed by atoms with Gasteiger partial charge in [-0.2, -0.15) is 0 Å². The fourth-order valence-corrected chi connectivity index (χ4v) is 3.42. The van der Waals surface area contributed by atoms with E-state index >= 15 is 0 Å². The number of nitrogens with two attached hydrogens (primary N) is 1. The van der Waals surface area contributed by atoms with Crippen LogP contribution in [0.15, 0.2) is 5.38 Å². The van der Waals surface area contributed by atoms with Crippen molar-refractivity contribution in [1.29, 1.82) is 0 Å². The van der Waals surface area contributed by atoms with E-state index < -0.39 is 0 Å². The third kappa shape index (κ3) is 3.77.